The molecule has 1 aliphatic heterocycles. The number of alkyl halides is 3. The normalized spacial score (nSPS) is 15.0. The minimum absolute atomic E-state index is 0.161. The number of nitrogens with zero attached hydrogens (tertiary/aromatic N) is 3. The molecule has 5 nitrogen and oxygen atoms in total. The fourth-order valence-electron chi connectivity index (χ4n) is 2.35. The number of aromatic nitrogens is 3. The van der Waals surface area contributed by atoms with Gasteiger partial charge in [0.1, 0.15) is 17.6 Å². The highest BCUT2D eigenvalue weighted by molar-refractivity contribution is 5.95. The van der Waals surface area contributed by atoms with E-state index in [4.69, 9.17) is 0 Å². The lowest BCUT2D eigenvalue weighted by atomic mass is 10.1. The first-order chi connectivity index (χ1) is 10.5. The SMILES string of the molecule is O=C1NC=CCCc2ccn(-c3ncncc3C(F)(F)F)c21. The Morgan fingerprint density at radius 3 is 2.91 bits per heavy atom. The highest BCUT2D eigenvalue weighted by atomic mass is 19.4. The van der Waals surface area contributed by atoms with E-state index in [0.29, 0.717) is 24.6 Å². The molecular weight excluding hydrogens is 297 g/mol. The molecule has 0 saturated heterocycles. The second kappa shape index (κ2) is 5.28. The summed E-state index contributed by atoms with van der Waals surface area (Å²) in [5, 5.41) is 2.53. The Balaban J connectivity index is 2.18. The van der Waals surface area contributed by atoms with Gasteiger partial charge in [-0.2, -0.15) is 13.2 Å². The number of rotatable bonds is 1. The van der Waals surface area contributed by atoms with E-state index in [1.54, 1.807) is 12.1 Å². The van der Waals surface area contributed by atoms with Gasteiger partial charge in [-0.3, -0.25) is 9.36 Å². The number of allylic oxidation sites excluding steroid dienone is 1. The number of hydrogen-bond acceptors (Lipinski definition) is 3. The third-order valence-electron chi connectivity index (χ3n) is 3.32. The number of hydrogen-bond donors (Lipinski definition) is 1. The van der Waals surface area contributed by atoms with Gasteiger partial charge in [-0.25, -0.2) is 9.97 Å². The Morgan fingerprint density at radius 2 is 2.14 bits per heavy atom. The van der Waals surface area contributed by atoms with Gasteiger partial charge in [-0.15, -0.1) is 0 Å². The first-order valence-electron chi connectivity index (χ1n) is 6.52. The zero-order chi connectivity index (χ0) is 15.7. The van der Waals surface area contributed by atoms with Gasteiger partial charge in [0.2, 0.25) is 0 Å². The fraction of sp³-hybridized carbons (Fsp3) is 0.214. The maximum absolute atomic E-state index is 13.1. The lowest BCUT2D eigenvalue weighted by molar-refractivity contribution is -0.138. The molecule has 0 spiro atoms. The summed E-state index contributed by atoms with van der Waals surface area (Å²) in [6, 6.07) is 1.64. The molecule has 0 radical (unpaired) electrons. The van der Waals surface area contributed by atoms with E-state index in [1.165, 1.54) is 12.4 Å². The third-order valence-corrected chi connectivity index (χ3v) is 3.32. The number of carbonyl (C=O) groups is 1. The molecule has 2 aromatic rings. The molecule has 0 fully saturated rings. The van der Waals surface area contributed by atoms with Crippen molar-refractivity contribution in [3.8, 4) is 5.82 Å². The average molecular weight is 308 g/mol. The largest absolute Gasteiger partial charge is 0.421 e. The molecule has 3 heterocycles. The predicted molar refractivity (Wildman–Crippen MR) is 71.3 cm³/mol. The molecule has 0 unspecified atom stereocenters. The topological polar surface area (TPSA) is 59.8 Å². The summed E-state index contributed by atoms with van der Waals surface area (Å²) in [5.74, 6) is -0.828. The lowest BCUT2D eigenvalue weighted by Gasteiger charge is -2.15. The van der Waals surface area contributed by atoms with Crippen LogP contribution >= 0.6 is 0 Å². The highest BCUT2D eigenvalue weighted by Crippen LogP contribution is 2.33. The molecule has 0 atom stereocenters. The van der Waals surface area contributed by atoms with Gasteiger partial charge < -0.3 is 5.32 Å². The minimum Gasteiger partial charge on any atom is -0.328 e. The van der Waals surface area contributed by atoms with Gasteiger partial charge in [0, 0.05) is 18.6 Å². The monoisotopic (exact) mass is 308 g/mol. The van der Waals surface area contributed by atoms with Crippen molar-refractivity contribution in [2.24, 2.45) is 0 Å². The minimum atomic E-state index is -4.61. The molecule has 22 heavy (non-hydrogen) atoms. The molecule has 0 aromatic carbocycles. The van der Waals surface area contributed by atoms with Crippen LogP contribution in [0.3, 0.4) is 0 Å². The van der Waals surface area contributed by atoms with Gasteiger partial charge >= 0.3 is 6.18 Å². The van der Waals surface area contributed by atoms with Crippen LogP contribution in [0.15, 0.2) is 37.1 Å². The van der Waals surface area contributed by atoms with Crippen LogP contribution in [0, 0.1) is 0 Å². The first kappa shape index (κ1) is 14.3. The Morgan fingerprint density at radius 1 is 1.32 bits per heavy atom. The van der Waals surface area contributed by atoms with Crippen molar-refractivity contribution in [3.63, 3.8) is 0 Å². The van der Waals surface area contributed by atoms with Crippen molar-refractivity contribution in [2.75, 3.05) is 0 Å². The fourth-order valence-corrected chi connectivity index (χ4v) is 2.35. The summed E-state index contributed by atoms with van der Waals surface area (Å²) in [7, 11) is 0. The van der Waals surface area contributed by atoms with E-state index in [0.717, 1.165) is 10.9 Å². The molecular formula is C14H11F3N4O. The van der Waals surface area contributed by atoms with Crippen LogP contribution in [0.4, 0.5) is 13.2 Å². The van der Waals surface area contributed by atoms with Gasteiger partial charge in [0.05, 0.1) is 0 Å². The summed E-state index contributed by atoms with van der Waals surface area (Å²) in [4.78, 5) is 19.3. The van der Waals surface area contributed by atoms with E-state index in [1.807, 2.05) is 0 Å². The molecule has 1 amide bonds. The number of fused-ring (bicyclic) bond motifs is 1. The lowest BCUT2D eigenvalue weighted by Crippen LogP contribution is -2.24. The van der Waals surface area contributed by atoms with Crippen molar-refractivity contribution in [3.05, 3.63) is 53.9 Å². The van der Waals surface area contributed by atoms with Gasteiger partial charge in [-0.1, -0.05) is 6.08 Å². The number of amides is 1. The van der Waals surface area contributed by atoms with Crippen LogP contribution in [0.2, 0.25) is 0 Å². The summed E-state index contributed by atoms with van der Waals surface area (Å²) < 4.78 is 40.5. The maximum Gasteiger partial charge on any atom is 0.421 e. The molecule has 1 N–H and O–H groups in total. The molecule has 0 saturated carbocycles. The van der Waals surface area contributed by atoms with Gasteiger partial charge in [-0.05, 0) is 24.5 Å². The van der Waals surface area contributed by atoms with Crippen molar-refractivity contribution >= 4 is 5.91 Å². The van der Waals surface area contributed by atoms with Crippen molar-refractivity contribution in [1.29, 1.82) is 0 Å². The Bertz CT molecular complexity index is 749. The smallest absolute Gasteiger partial charge is 0.328 e. The molecule has 0 bridgehead atoms. The van der Waals surface area contributed by atoms with Crippen LogP contribution in [-0.2, 0) is 12.6 Å². The average Bonchev–Trinajstić information content (AvgIpc) is 2.87. The number of aryl methyl sites for hydroxylation is 1. The van der Waals surface area contributed by atoms with E-state index in [2.05, 4.69) is 15.3 Å². The van der Waals surface area contributed by atoms with Gasteiger partial charge in [0.25, 0.3) is 5.91 Å². The standard InChI is InChI=1S/C14H11F3N4O/c15-14(16,17)10-7-18-8-20-12(10)21-6-4-9-3-1-2-5-19-13(22)11(9)21/h2,4-8H,1,3H2,(H,19,22). The zero-order valence-electron chi connectivity index (χ0n) is 11.3. The van der Waals surface area contributed by atoms with Crippen LogP contribution in [-0.4, -0.2) is 20.4 Å². The Labute approximate surface area is 123 Å². The quantitative estimate of drug-likeness (QED) is 0.880. The second-order valence-corrected chi connectivity index (χ2v) is 4.73. The van der Waals surface area contributed by atoms with Gasteiger partial charge in [0.15, 0.2) is 5.82 Å². The summed E-state index contributed by atoms with van der Waals surface area (Å²) >= 11 is 0. The first-order valence-corrected chi connectivity index (χ1v) is 6.52. The van der Waals surface area contributed by atoms with E-state index < -0.39 is 17.6 Å². The maximum atomic E-state index is 13.1. The van der Waals surface area contributed by atoms with Crippen LogP contribution in [0.25, 0.3) is 5.82 Å². The zero-order valence-corrected chi connectivity index (χ0v) is 11.3. The second-order valence-electron chi connectivity index (χ2n) is 4.73. The Hall–Kier alpha value is -2.64. The van der Waals surface area contributed by atoms with Crippen LogP contribution in [0.5, 0.6) is 0 Å². The summed E-state index contributed by atoms with van der Waals surface area (Å²) in [6.45, 7) is 0. The van der Waals surface area contributed by atoms with E-state index in [-0.39, 0.29) is 11.5 Å². The van der Waals surface area contributed by atoms with Crippen molar-refractivity contribution in [2.45, 2.75) is 19.0 Å². The molecule has 1 aliphatic rings. The highest BCUT2D eigenvalue weighted by Gasteiger charge is 2.36. The predicted octanol–water partition coefficient (Wildman–Crippen LogP) is 2.48. The summed E-state index contributed by atoms with van der Waals surface area (Å²) in [6.07, 6.45) is 3.09. The molecule has 2 aromatic heterocycles. The van der Waals surface area contributed by atoms with Crippen LogP contribution in [0.1, 0.15) is 28.0 Å². The van der Waals surface area contributed by atoms with Crippen molar-refractivity contribution in [1.82, 2.24) is 19.9 Å². The van der Waals surface area contributed by atoms with Crippen molar-refractivity contribution < 1.29 is 18.0 Å². The molecule has 3 rings (SSSR count). The summed E-state index contributed by atoms with van der Waals surface area (Å²) in [5.41, 5.74) is -0.152. The number of nitrogens with one attached hydrogen (secondary N) is 1. The van der Waals surface area contributed by atoms with E-state index in [9.17, 15) is 18.0 Å². The molecule has 0 aliphatic carbocycles. The van der Waals surface area contributed by atoms with Crippen LogP contribution < -0.4 is 5.32 Å². The Kier molecular flexibility index (Phi) is 3.44. The number of carbonyl (C=O) groups excluding carboxylic acids is 1. The number of halogens is 3. The van der Waals surface area contributed by atoms with E-state index >= 15 is 0 Å². The molecule has 8 heteroatoms. The third kappa shape index (κ3) is 2.47. The molecule has 114 valence electrons.